The number of amides is 1. The van der Waals surface area contributed by atoms with Crippen LogP contribution in [-0.4, -0.2) is 36.6 Å². The van der Waals surface area contributed by atoms with Crippen molar-refractivity contribution in [3.05, 3.63) is 11.4 Å². The average Bonchev–Trinajstić information content (AvgIpc) is 2.85. The molecule has 1 atom stereocenters. The SMILES string of the molecule is Cl.[C-]#[N+][C@@H]1CCCN1C(=O)CNCCCCCCC. The molecule has 1 aliphatic heterocycles. The summed E-state index contributed by atoms with van der Waals surface area (Å²) in [5, 5.41) is 3.19. The first-order valence-electron chi connectivity index (χ1n) is 7.16. The van der Waals surface area contributed by atoms with E-state index in [2.05, 4.69) is 17.1 Å². The fourth-order valence-electron chi connectivity index (χ4n) is 2.32. The van der Waals surface area contributed by atoms with Crippen LogP contribution in [0, 0.1) is 6.57 Å². The molecule has 0 saturated carbocycles. The molecule has 0 unspecified atom stereocenters. The van der Waals surface area contributed by atoms with Crippen molar-refractivity contribution in [1.82, 2.24) is 10.2 Å². The predicted octanol–water partition coefficient (Wildman–Crippen LogP) is 2.84. The van der Waals surface area contributed by atoms with Gasteiger partial charge in [0.15, 0.2) is 0 Å². The van der Waals surface area contributed by atoms with E-state index in [0.717, 1.165) is 32.4 Å². The molecule has 1 amide bonds. The normalized spacial score (nSPS) is 17.9. The van der Waals surface area contributed by atoms with E-state index < -0.39 is 0 Å². The Morgan fingerprint density at radius 3 is 2.79 bits per heavy atom. The largest absolute Gasteiger partial charge is 0.308 e. The second-order valence-electron chi connectivity index (χ2n) is 4.93. The van der Waals surface area contributed by atoms with Gasteiger partial charge in [-0.1, -0.05) is 32.6 Å². The Morgan fingerprint density at radius 2 is 2.11 bits per heavy atom. The summed E-state index contributed by atoms with van der Waals surface area (Å²) in [6, 6.07) is 0. The van der Waals surface area contributed by atoms with Crippen LogP contribution in [0.3, 0.4) is 0 Å². The zero-order valence-corrected chi connectivity index (χ0v) is 12.7. The van der Waals surface area contributed by atoms with E-state index in [1.165, 1.54) is 25.7 Å². The van der Waals surface area contributed by atoms with E-state index in [1.54, 1.807) is 4.90 Å². The summed E-state index contributed by atoms with van der Waals surface area (Å²) in [5.74, 6) is 0.0852. The predicted molar refractivity (Wildman–Crippen MR) is 80.2 cm³/mol. The van der Waals surface area contributed by atoms with Gasteiger partial charge in [-0.3, -0.25) is 14.5 Å². The molecule has 0 spiro atoms. The minimum absolute atomic E-state index is 0. The van der Waals surface area contributed by atoms with Crippen LogP contribution in [0.2, 0.25) is 0 Å². The molecule has 1 fully saturated rings. The van der Waals surface area contributed by atoms with Gasteiger partial charge in [0.1, 0.15) is 0 Å². The molecule has 1 aliphatic rings. The number of halogens is 1. The van der Waals surface area contributed by atoms with E-state index in [4.69, 9.17) is 6.57 Å². The van der Waals surface area contributed by atoms with Crippen molar-refractivity contribution in [3.8, 4) is 0 Å². The molecule has 110 valence electrons. The monoisotopic (exact) mass is 287 g/mol. The number of carbonyl (C=O) groups is 1. The summed E-state index contributed by atoms with van der Waals surface area (Å²) >= 11 is 0. The Labute approximate surface area is 123 Å². The van der Waals surface area contributed by atoms with Gasteiger partial charge in [-0.25, -0.2) is 6.57 Å². The van der Waals surface area contributed by atoms with Gasteiger partial charge in [0.2, 0.25) is 5.91 Å². The highest BCUT2D eigenvalue weighted by molar-refractivity contribution is 5.85. The van der Waals surface area contributed by atoms with Crippen molar-refractivity contribution in [3.63, 3.8) is 0 Å². The minimum Gasteiger partial charge on any atom is -0.308 e. The van der Waals surface area contributed by atoms with Gasteiger partial charge < -0.3 is 5.32 Å². The fraction of sp³-hybridized carbons (Fsp3) is 0.857. The number of nitrogens with zero attached hydrogens (tertiary/aromatic N) is 2. The Hall–Kier alpha value is -0.790. The van der Waals surface area contributed by atoms with Crippen LogP contribution in [0.15, 0.2) is 0 Å². The third-order valence-corrected chi connectivity index (χ3v) is 3.42. The Balaban J connectivity index is 0.00000324. The summed E-state index contributed by atoms with van der Waals surface area (Å²) < 4.78 is 0. The lowest BCUT2D eigenvalue weighted by Crippen LogP contribution is -2.40. The van der Waals surface area contributed by atoms with Crippen LogP contribution in [0.25, 0.3) is 4.85 Å². The number of nitrogens with one attached hydrogen (secondary N) is 1. The van der Waals surface area contributed by atoms with Crippen molar-refractivity contribution < 1.29 is 4.79 Å². The van der Waals surface area contributed by atoms with Crippen molar-refractivity contribution in [2.45, 2.75) is 58.0 Å². The first-order chi connectivity index (χ1) is 8.79. The van der Waals surface area contributed by atoms with Crippen molar-refractivity contribution in [2.24, 2.45) is 0 Å². The van der Waals surface area contributed by atoms with E-state index in [0.29, 0.717) is 6.54 Å². The summed E-state index contributed by atoms with van der Waals surface area (Å²) in [7, 11) is 0. The number of unbranched alkanes of at least 4 members (excludes halogenated alkanes) is 4. The number of hydrogen-bond donors (Lipinski definition) is 1. The fourth-order valence-corrected chi connectivity index (χ4v) is 2.32. The van der Waals surface area contributed by atoms with Gasteiger partial charge in [-0.15, -0.1) is 12.4 Å². The molecule has 0 bridgehead atoms. The molecule has 19 heavy (non-hydrogen) atoms. The highest BCUT2D eigenvalue weighted by atomic mass is 35.5. The van der Waals surface area contributed by atoms with Gasteiger partial charge in [0.25, 0.3) is 0 Å². The van der Waals surface area contributed by atoms with Gasteiger partial charge in [-0.2, -0.15) is 0 Å². The van der Waals surface area contributed by atoms with Crippen LogP contribution < -0.4 is 5.32 Å². The summed E-state index contributed by atoms with van der Waals surface area (Å²) in [6.07, 6.45) is 7.84. The highest BCUT2D eigenvalue weighted by Gasteiger charge is 2.32. The van der Waals surface area contributed by atoms with E-state index in [1.807, 2.05) is 0 Å². The summed E-state index contributed by atoms with van der Waals surface area (Å²) in [4.78, 5) is 17.1. The third kappa shape index (κ3) is 6.79. The molecule has 1 saturated heterocycles. The quantitative estimate of drug-likeness (QED) is 0.550. The standard InChI is InChI=1S/C14H25N3O.ClH/c1-3-4-5-6-7-10-16-12-14(18)17-11-8-9-13(17)15-2;/h13,16H,3-12H2,1H3;1H/t13-;/m0./s1. The maximum absolute atomic E-state index is 11.9. The van der Waals surface area contributed by atoms with Crippen LogP contribution >= 0.6 is 12.4 Å². The lowest BCUT2D eigenvalue weighted by atomic mass is 10.1. The highest BCUT2D eigenvalue weighted by Crippen LogP contribution is 2.17. The molecular formula is C14H26ClN3O. The van der Waals surface area contributed by atoms with E-state index >= 15 is 0 Å². The average molecular weight is 288 g/mol. The van der Waals surface area contributed by atoms with Gasteiger partial charge in [0, 0.05) is 13.0 Å². The number of likely N-dealkylation sites (tertiary alicyclic amines) is 1. The molecule has 0 aromatic carbocycles. The number of carbonyl (C=O) groups excluding carboxylic acids is 1. The molecule has 1 N–H and O–H groups in total. The minimum atomic E-state index is -0.205. The molecule has 1 heterocycles. The number of hydrogen-bond acceptors (Lipinski definition) is 2. The smallest absolute Gasteiger partial charge is 0.300 e. The second-order valence-corrected chi connectivity index (χ2v) is 4.93. The van der Waals surface area contributed by atoms with E-state index in [9.17, 15) is 4.79 Å². The zero-order chi connectivity index (χ0) is 13.2. The Kier molecular flexibility index (Phi) is 10.6. The van der Waals surface area contributed by atoms with Gasteiger partial charge in [0.05, 0.1) is 6.54 Å². The molecule has 0 aliphatic carbocycles. The molecule has 0 aromatic heterocycles. The van der Waals surface area contributed by atoms with Crippen LogP contribution in [0.4, 0.5) is 0 Å². The van der Waals surface area contributed by atoms with Gasteiger partial charge in [-0.05, 0) is 19.4 Å². The van der Waals surface area contributed by atoms with Crippen molar-refractivity contribution >= 4 is 18.3 Å². The first kappa shape index (κ1) is 18.2. The molecule has 0 radical (unpaired) electrons. The lowest BCUT2D eigenvalue weighted by molar-refractivity contribution is -0.130. The van der Waals surface area contributed by atoms with Crippen molar-refractivity contribution in [1.29, 1.82) is 0 Å². The lowest BCUT2D eigenvalue weighted by Gasteiger charge is -2.16. The molecule has 0 aromatic rings. The zero-order valence-electron chi connectivity index (χ0n) is 11.9. The number of rotatable bonds is 8. The van der Waals surface area contributed by atoms with Crippen molar-refractivity contribution in [2.75, 3.05) is 19.6 Å². The Morgan fingerprint density at radius 1 is 1.37 bits per heavy atom. The second kappa shape index (κ2) is 11.1. The summed E-state index contributed by atoms with van der Waals surface area (Å²) in [5.41, 5.74) is 0. The van der Waals surface area contributed by atoms with Crippen LogP contribution in [0.1, 0.15) is 51.9 Å². The Bertz CT molecular complexity index is 291. The summed E-state index contributed by atoms with van der Waals surface area (Å²) in [6.45, 7) is 11.3. The first-order valence-corrected chi connectivity index (χ1v) is 7.16. The van der Waals surface area contributed by atoms with Gasteiger partial charge >= 0.3 is 6.17 Å². The van der Waals surface area contributed by atoms with Crippen LogP contribution in [-0.2, 0) is 4.79 Å². The maximum Gasteiger partial charge on any atom is 0.300 e. The molecule has 4 nitrogen and oxygen atoms in total. The topological polar surface area (TPSA) is 36.7 Å². The molecular weight excluding hydrogens is 262 g/mol. The molecule has 1 rings (SSSR count). The molecule has 5 heteroatoms. The van der Waals surface area contributed by atoms with E-state index in [-0.39, 0.29) is 24.5 Å². The van der Waals surface area contributed by atoms with Crippen LogP contribution in [0.5, 0.6) is 0 Å². The third-order valence-electron chi connectivity index (χ3n) is 3.42. The maximum atomic E-state index is 11.9.